The normalized spacial score (nSPS) is 10.7. The second-order valence-electron chi connectivity index (χ2n) is 6.96. The summed E-state index contributed by atoms with van der Waals surface area (Å²) in [6, 6.07) is 12.4. The Morgan fingerprint density at radius 2 is 1.91 bits per heavy atom. The van der Waals surface area contributed by atoms with E-state index in [9.17, 15) is 14.4 Å². The van der Waals surface area contributed by atoms with Crippen LogP contribution in [-0.2, 0) is 17.9 Å². The fourth-order valence-corrected chi connectivity index (χ4v) is 3.19. The van der Waals surface area contributed by atoms with E-state index in [0.29, 0.717) is 11.3 Å². The lowest BCUT2D eigenvalue weighted by Gasteiger charge is -2.16. The number of aryl methyl sites for hydroxylation is 2. The molecule has 0 unspecified atom stereocenters. The van der Waals surface area contributed by atoms with Gasteiger partial charge in [-0.05, 0) is 26.0 Å². The predicted molar refractivity (Wildman–Crippen MR) is 118 cm³/mol. The van der Waals surface area contributed by atoms with Gasteiger partial charge in [0.25, 0.3) is 5.56 Å². The Bertz CT molecular complexity index is 1390. The van der Waals surface area contributed by atoms with Crippen molar-refractivity contribution in [3.8, 4) is 11.3 Å². The summed E-state index contributed by atoms with van der Waals surface area (Å²) in [6.07, 6.45) is 3.12. The minimum Gasteiger partial charge on any atom is -0.454 e. The summed E-state index contributed by atoms with van der Waals surface area (Å²) in [4.78, 5) is 41.8. The van der Waals surface area contributed by atoms with Gasteiger partial charge in [0.05, 0.1) is 11.9 Å². The van der Waals surface area contributed by atoms with E-state index < -0.39 is 17.4 Å². The monoisotopic (exact) mass is 448 g/mol. The van der Waals surface area contributed by atoms with E-state index in [1.807, 2.05) is 6.07 Å². The second-order valence-corrected chi connectivity index (χ2v) is 6.96. The molecule has 10 nitrogen and oxygen atoms in total. The van der Waals surface area contributed by atoms with Gasteiger partial charge in [0.2, 0.25) is 0 Å². The minimum atomic E-state index is -0.894. The van der Waals surface area contributed by atoms with Gasteiger partial charge >= 0.3 is 11.8 Å². The first-order valence-electron chi connectivity index (χ1n) is 10.1. The van der Waals surface area contributed by atoms with Gasteiger partial charge in [0.1, 0.15) is 16.9 Å². The molecule has 0 spiro atoms. The molecule has 0 saturated carbocycles. The van der Waals surface area contributed by atoms with Crippen LogP contribution in [0.2, 0.25) is 0 Å². The molecule has 0 bridgehead atoms. The Hall–Kier alpha value is -4.47. The molecule has 0 saturated heterocycles. The molecule has 4 rings (SSSR count). The van der Waals surface area contributed by atoms with E-state index in [1.54, 1.807) is 49.5 Å². The van der Waals surface area contributed by atoms with Crippen LogP contribution < -0.4 is 16.7 Å². The maximum atomic E-state index is 13.3. The number of hydrogen-bond donors (Lipinski definition) is 1. The number of anilines is 2. The van der Waals surface area contributed by atoms with Crippen LogP contribution in [0, 0.1) is 6.92 Å². The third-order valence-corrected chi connectivity index (χ3v) is 4.81. The molecule has 1 N–H and O–H groups in total. The largest absolute Gasteiger partial charge is 0.519 e. The average molecular weight is 448 g/mol. The number of rotatable bonds is 7. The van der Waals surface area contributed by atoms with Crippen molar-refractivity contribution in [1.29, 1.82) is 0 Å². The standard InChI is InChI=1S/C23H20N4O6/c1-3-27-21(28)20(25-16-10-7-11-24-12-16)18(19(26-27)15-8-5-4-6-9-15)22(29)31-13-17-14(2)32-23(30)33-17/h4-12,25H,3,13H2,1-2H3. The van der Waals surface area contributed by atoms with E-state index in [1.165, 1.54) is 17.8 Å². The summed E-state index contributed by atoms with van der Waals surface area (Å²) in [5.41, 5.74) is 0.829. The minimum absolute atomic E-state index is 0.00549. The van der Waals surface area contributed by atoms with Crippen molar-refractivity contribution in [1.82, 2.24) is 14.8 Å². The van der Waals surface area contributed by atoms with Crippen LogP contribution in [0.15, 0.2) is 73.3 Å². The molecule has 1 aromatic carbocycles. The van der Waals surface area contributed by atoms with Gasteiger partial charge in [-0.2, -0.15) is 5.10 Å². The van der Waals surface area contributed by atoms with Crippen molar-refractivity contribution in [2.75, 3.05) is 5.32 Å². The first kappa shape index (κ1) is 21.8. The molecular weight excluding hydrogens is 428 g/mol. The number of benzene rings is 1. The van der Waals surface area contributed by atoms with Crippen LogP contribution in [0.5, 0.6) is 0 Å². The van der Waals surface area contributed by atoms with Gasteiger partial charge < -0.3 is 18.9 Å². The maximum absolute atomic E-state index is 13.3. The van der Waals surface area contributed by atoms with Crippen LogP contribution in [0.4, 0.5) is 11.4 Å². The van der Waals surface area contributed by atoms with E-state index in [0.717, 1.165) is 0 Å². The fraction of sp³-hybridized carbons (Fsp3) is 0.174. The van der Waals surface area contributed by atoms with Crippen LogP contribution in [0.3, 0.4) is 0 Å². The molecule has 0 amide bonds. The van der Waals surface area contributed by atoms with Gasteiger partial charge in [0, 0.05) is 18.3 Å². The molecule has 3 aromatic heterocycles. The van der Waals surface area contributed by atoms with E-state index in [-0.39, 0.29) is 41.6 Å². The fourth-order valence-electron chi connectivity index (χ4n) is 3.19. The highest BCUT2D eigenvalue weighted by molar-refractivity contribution is 6.02. The lowest BCUT2D eigenvalue weighted by atomic mass is 10.0. The van der Waals surface area contributed by atoms with Gasteiger partial charge in [-0.15, -0.1) is 0 Å². The summed E-state index contributed by atoms with van der Waals surface area (Å²) in [7, 11) is 0. The Labute approximate surface area is 187 Å². The molecule has 10 heteroatoms. The van der Waals surface area contributed by atoms with Crippen LogP contribution >= 0.6 is 0 Å². The van der Waals surface area contributed by atoms with Crippen LogP contribution in [0.25, 0.3) is 11.3 Å². The summed E-state index contributed by atoms with van der Waals surface area (Å²) >= 11 is 0. The summed E-state index contributed by atoms with van der Waals surface area (Å²) < 4.78 is 16.4. The molecule has 33 heavy (non-hydrogen) atoms. The zero-order chi connectivity index (χ0) is 23.4. The van der Waals surface area contributed by atoms with Crippen molar-refractivity contribution in [3.63, 3.8) is 0 Å². The van der Waals surface area contributed by atoms with Crippen molar-refractivity contribution in [2.45, 2.75) is 27.0 Å². The Balaban J connectivity index is 1.84. The lowest BCUT2D eigenvalue weighted by molar-refractivity contribution is 0.0444. The molecule has 0 aliphatic heterocycles. The van der Waals surface area contributed by atoms with Gasteiger partial charge in [-0.3, -0.25) is 9.78 Å². The molecule has 0 atom stereocenters. The lowest BCUT2D eigenvalue weighted by Crippen LogP contribution is -2.29. The van der Waals surface area contributed by atoms with E-state index >= 15 is 0 Å². The Morgan fingerprint density at radius 1 is 1.12 bits per heavy atom. The third kappa shape index (κ3) is 4.59. The second kappa shape index (κ2) is 9.35. The molecule has 0 radical (unpaired) electrons. The number of carbonyl (C=O) groups excluding carboxylic acids is 1. The average Bonchev–Trinajstić information content (AvgIpc) is 3.16. The van der Waals surface area contributed by atoms with Crippen molar-refractivity contribution < 1.29 is 18.4 Å². The summed E-state index contributed by atoms with van der Waals surface area (Å²) in [6.45, 7) is 3.23. The zero-order valence-corrected chi connectivity index (χ0v) is 17.9. The summed E-state index contributed by atoms with van der Waals surface area (Å²) in [5, 5.41) is 7.41. The first-order chi connectivity index (χ1) is 16.0. The first-order valence-corrected chi connectivity index (χ1v) is 10.1. The summed E-state index contributed by atoms with van der Waals surface area (Å²) in [5.74, 6) is -1.44. The highest BCUT2D eigenvalue weighted by Gasteiger charge is 2.26. The number of aromatic nitrogens is 3. The van der Waals surface area contributed by atoms with Crippen molar-refractivity contribution in [3.05, 3.63) is 92.9 Å². The molecule has 168 valence electrons. The van der Waals surface area contributed by atoms with Crippen LogP contribution in [-0.4, -0.2) is 20.7 Å². The third-order valence-electron chi connectivity index (χ3n) is 4.81. The van der Waals surface area contributed by atoms with Gasteiger partial charge in [0.15, 0.2) is 18.1 Å². The molecule has 4 aromatic rings. The van der Waals surface area contributed by atoms with Gasteiger partial charge in [-0.25, -0.2) is 14.3 Å². The van der Waals surface area contributed by atoms with E-state index in [2.05, 4.69) is 15.4 Å². The van der Waals surface area contributed by atoms with E-state index in [4.69, 9.17) is 13.6 Å². The quantitative estimate of drug-likeness (QED) is 0.423. The number of carbonyl (C=O) groups is 1. The molecule has 0 fully saturated rings. The number of nitrogens with zero attached hydrogens (tertiary/aromatic N) is 3. The SMILES string of the molecule is CCn1nc(-c2ccccc2)c(C(=O)OCc2oc(=O)oc2C)c(Nc2cccnc2)c1=O. The molecule has 0 aliphatic rings. The molecular formula is C23H20N4O6. The number of ether oxygens (including phenoxy) is 1. The highest BCUT2D eigenvalue weighted by atomic mass is 16.6. The number of esters is 1. The van der Waals surface area contributed by atoms with Crippen molar-refractivity contribution >= 4 is 17.3 Å². The Kier molecular flexibility index (Phi) is 6.16. The zero-order valence-electron chi connectivity index (χ0n) is 17.9. The Morgan fingerprint density at radius 3 is 2.55 bits per heavy atom. The number of pyridine rings is 1. The smallest absolute Gasteiger partial charge is 0.454 e. The molecule has 3 heterocycles. The number of nitrogens with one attached hydrogen (secondary N) is 1. The highest BCUT2D eigenvalue weighted by Crippen LogP contribution is 2.28. The maximum Gasteiger partial charge on any atom is 0.519 e. The topological polar surface area (TPSA) is 129 Å². The molecule has 0 aliphatic carbocycles. The van der Waals surface area contributed by atoms with Crippen LogP contribution in [0.1, 0.15) is 28.8 Å². The van der Waals surface area contributed by atoms with Gasteiger partial charge in [-0.1, -0.05) is 30.3 Å². The predicted octanol–water partition coefficient (Wildman–Crippen LogP) is 3.28. The van der Waals surface area contributed by atoms with Crippen molar-refractivity contribution in [2.24, 2.45) is 0 Å². The number of hydrogen-bond acceptors (Lipinski definition) is 9.